The van der Waals surface area contributed by atoms with E-state index in [-0.39, 0.29) is 12.5 Å². The molecule has 0 amide bonds. The molecule has 0 aliphatic carbocycles. The fourth-order valence-corrected chi connectivity index (χ4v) is 2.14. The minimum Gasteiger partial charge on any atom is -0.271 e. The van der Waals surface area contributed by atoms with E-state index in [1.807, 2.05) is 24.3 Å². The minimum atomic E-state index is -4.09. The number of hydrogen-bond donors (Lipinski definition) is 2. The quantitative estimate of drug-likeness (QED) is 0.480. The van der Waals surface area contributed by atoms with Crippen molar-refractivity contribution in [3.8, 4) is 0 Å². The summed E-state index contributed by atoms with van der Waals surface area (Å²) >= 11 is 2.16. The monoisotopic (exact) mass is 358 g/mol. The van der Waals surface area contributed by atoms with Crippen molar-refractivity contribution in [3.63, 3.8) is 0 Å². The van der Waals surface area contributed by atoms with Gasteiger partial charge in [0.2, 0.25) is 0 Å². The van der Waals surface area contributed by atoms with Crippen LogP contribution >= 0.6 is 22.6 Å². The Hall–Kier alpha value is -0.340. The third-order valence-electron chi connectivity index (χ3n) is 2.41. The average Bonchev–Trinajstić information content (AvgIpc) is 2.23. The van der Waals surface area contributed by atoms with E-state index in [9.17, 15) is 13.2 Å². The van der Waals surface area contributed by atoms with Gasteiger partial charge in [-0.05, 0) is 53.1 Å². The number of hydrogen-bond acceptors (Lipinski definition) is 2. The van der Waals surface area contributed by atoms with Crippen LogP contribution in [0.15, 0.2) is 24.3 Å². The van der Waals surface area contributed by atoms with Crippen molar-refractivity contribution < 1.29 is 13.2 Å². The zero-order valence-electron chi connectivity index (χ0n) is 9.10. The molecule has 2 nitrogen and oxygen atoms in total. The van der Waals surface area contributed by atoms with Gasteiger partial charge < -0.3 is 0 Å². The van der Waals surface area contributed by atoms with Crippen LogP contribution in [0.25, 0.3) is 0 Å². The number of benzene rings is 1. The summed E-state index contributed by atoms with van der Waals surface area (Å²) in [5, 5.41) is 0. The highest BCUT2D eigenvalue weighted by Gasteiger charge is 2.26. The highest BCUT2D eigenvalue weighted by atomic mass is 127. The van der Waals surface area contributed by atoms with Gasteiger partial charge in [0.25, 0.3) is 0 Å². The van der Waals surface area contributed by atoms with Gasteiger partial charge in [0.15, 0.2) is 0 Å². The van der Waals surface area contributed by atoms with Gasteiger partial charge in [0.1, 0.15) is 0 Å². The molecule has 6 heteroatoms. The summed E-state index contributed by atoms with van der Waals surface area (Å²) in [7, 11) is 0. The normalized spacial score (nSPS) is 13.7. The van der Waals surface area contributed by atoms with Gasteiger partial charge >= 0.3 is 6.18 Å². The van der Waals surface area contributed by atoms with Crippen molar-refractivity contribution in [2.24, 2.45) is 5.84 Å². The van der Waals surface area contributed by atoms with Crippen LogP contribution in [0.5, 0.6) is 0 Å². The minimum absolute atomic E-state index is 0.0733. The Balaban J connectivity index is 2.54. The topological polar surface area (TPSA) is 38.0 Å². The molecule has 0 fully saturated rings. The van der Waals surface area contributed by atoms with E-state index < -0.39 is 12.6 Å². The van der Waals surface area contributed by atoms with Crippen molar-refractivity contribution in [3.05, 3.63) is 33.4 Å². The summed E-state index contributed by atoms with van der Waals surface area (Å²) in [6.45, 7) is 0. The Morgan fingerprint density at radius 1 is 1.35 bits per heavy atom. The summed E-state index contributed by atoms with van der Waals surface area (Å²) < 4.78 is 37.1. The zero-order valence-corrected chi connectivity index (χ0v) is 11.3. The van der Waals surface area contributed by atoms with E-state index >= 15 is 0 Å². The fourth-order valence-electron chi connectivity index (χ4n) is 1.58. The maximum Gasteiger partial charge on any atom is 0.389 e. The lowest BCUT2D eigenvalue weighted by Gasteiger charge is -2.17. The molecule has 3 N–H and O–H groups in total. The lowest BCUT2D eigenvalue weighted by atomic mass is 10.0. The molecule has 1 aromatic carbocycles. The largest absolute Gasteiger partial charge is 0.389 e. The Bertz CT molecular complexity index is 355. The van der Waals surface area contributed by atoms with Crippen molar-refractivity contribution in [2.45, 2.75) is 31.5 Å². The SMILES string of the molecule is NNC(CCCC(F)(F)F)c1cccc(I)c1. The molecule has 0 aromatic heterocycles. The molecule has 96 valence electrons. The van der Waals surface area contributed by atoms with Crippen LogP contribution in [-0.2, 0) is 0 Å². The summed E-state index contributed by atoms with van der Waals surface area (Å²) in [4.78, 5) is 0. The molecule has 1 atom stereocenters. The van der Waals surface area contributed by atoms with Crippen molar-refractivity contribution >= 4 is 22.6 Å². The van der Waals surface area contributed by atoms with E-state index in [0.29, 0.717) is 6.42 Å². The van der Waals surface area contributed by atoms with Crippen LogP contribution in [0.4, 0.5) is 13.2 Å². The first kappa shape index (κ1) is 14.7. The molecule has 0 heterocycles. The first-order chi connectivity index (χ1) is 7.92. The predicted octanol–water partition coefficient (Wildman–Crippen LogP) is 3.53. The first-order valence-corrected chi connectivity index (χ1v) is 6.28. The van der Waals surface area contributed by atoms with Crippen molar-refractivity contribution in [1.29, 1.82) is 0 Å². The predicted molar refractivity (Wildman–Crippen MR) is 69.1 cm³/mol. The van der Waals surface area contributed by atoms with Gasteiger partial charge in [-0.2, -0.15) is 13.2 Å². The van der Waals surface area contributed by atoms with Crippen LogP contribution in [0.2, 0.25) is 0 Å². The third kappa shape index (κ3) is 5.69. The first-order valence-electron chi connectivity index (χ1n) is 5.21. The molecule has 0 aliphatic heterocycles. The molecule has 0 saturated carbocycles. The summed E-state index contributed by atoms with van der Waals surface area (Å²) in [5.74, 6) is 5.37. The van der Waals surface area contributed by atoms with Crippen LogP contribution in [0, 0.1) is 3.57 Å². The Morgan fingerprint density at radius 2 is 2.06 bits per heavy atom. The van der Waals surface area contributed by atoms with Crippen LogP contribution in [-0.4, -0.2) is 6.18 Å². The molecular weight excluding hydrogens is 344 g/mol. The maximum atomic E-state index is 12.0. The van der Waals surface area contributed by atoms with Gasteiger partial charge in [0.05, 0.1) is 0 Å². The van der Waals surface area contributed by atoms with Gasteiger partial charge in [-0.25, -0.2) is 0 Å². The molecule has 1 rings (SSSR count). The standard InChI is InChI=1S/C11H14F3IN2/c12-11(13,14)6-2-5-10(17-16)8-3-1-4-9(15)7-8/h1,3-4,7,10,17H,2,5-6,16H2. The Labute approximate surface area is 112 Å². The summed E-state index contributed by atoms with van der Waals surface area (Å²) in [6.07, 6.45) is -4.42. The van der Waals surface area contributed by atoms with Gasteiger partial charge in [-0.3, -0.25) is 11.3 Å². The summed E-state index contributed by atoms with van der Waals surface area (Å²) in [5.41, 5.74) is 3.48. The van der Waals surface area contributed by atoms with E-state index in [4.69, 9.17) is 5.84 Å². The smallest absolute Gasteiger partial charge is 0.271 e. The van der Waals surface area contributed by atoms with E-state index in [1.54, 1.807) is 0 Å². The van der Waals surface area contributed by atoms with Gasteiger partial charge in [-0.15, -0.1) is 0 Å². The average molecular weight is 358 g/mol. The summed E-state index contributed by atoms with van der Waals surface area (Å²) in [6, 6.07) is 7.34. The third-order valence-corrected chi connectivity index (χ3v) is 3.08. The second-order valence-corrected chi connectivity index (χ2v) is 5.03. The highest BCUT2D eigenvalue weighted by molar-refractivity contribution is 14.1. The van der Waals surface area contributed by atoms with Crippen LogP contribution in [0.1, 0.15) is 30.9 Å². The molecule has 0 radical (unpaired) electrons. The van der Waals surface area contributed by atoms with Crippen molar-refractivity contribution in [1.82, 2.24) is 5.43 Å². The van der Waals surface area contributed by atoms with Crippen LogP contribution in [0.3, 0.4) is 0 Å². The number of halogens is 4. The van der Waals surface area contributed by atoms with Gasteiger partial charge in [-0.1, -0.05) is 12.1 Å². The lowest BCUT2D eigenvalue weighted by molar-refractivity contribution is -0.135. The van der Waals surface area contributed by atoms with Crippen LogP contribution < -0.4 is 11.3 Å². The zero-order chi connectivity index (χ0) is 12.9. The molecule has 0 saturated heterocycles. The molecule has 0 aliphatic rings. The number of nitrogens with two attached hydrogens (primary N) is 1. The Kier molecular flexibility index (Phi) is 5.68. The van der Waals surface area contributed by atoms with E-state index in [2.05, 4.69) is 28.0 Å². The molecule has 1 aromatic rings. The van der Waals surface area contributed by atoms with Crippen molar-refractivity contribution in [2.75, 3.05) is 0 Å². The molecule has 0 spiro atoms. The van der Waals surface area contributed by atoms with E-state index in [0.717, 1.165) is 9.13 Å². The highest BCUT2D eigenvalue weighted by Crippen LogP contribution is 2.26. The molecular formula is C11H14F3IN2. The maximum absolute atomic E-state index is 12.0. The fraction of sp³-hybridized carbons (Fsp3) is 0.455. The second-order valence-electron chi connectivity index (χ2n) is 3.78. The Morgan fingerprint density at radius 3 is 2.59 bits per heavy atom. The number of hydrazine groups is 1. The second kappa shape index (κ2) is 6.55. The molecule has 1 unspecified atom stereocenters. The number of nitrogens with one attached hydrogen (secondary N) is 1. The lowest BCUT2D eigenvalue weighted by Crippen LogP contribution is -2.28. The van der Waals surface area contributed by atoms with E-state index in [1.165, 1.54) is 0 Å². The molecule has 17 heavy (non-hydrogen) atoms. The number of alkyl halides is 3. The van der Waals surface area contributed by atoms with Gasteiger partial charge in [0, 0.05) is 16.0 Å². The number of rotatable bonds is 5. The molecule has 0 bridgehead atoms.